The summed E-state index contributed by atoms with van der Waals surface area (Å²) in [6, 6.07) is -0.562. The van der Waals surface area contributed by atoms with E-state index in [0.717, 1.165) is 0 Å². The summed E-state index contributed by atoms with van der Waals surface area (Å²) in [5, 5.41) is -0.854. The minimum Gasteiger partial charge on any atom is -0.339 e. The lowest BCUT2D eigenvalue weighted by Gasteiger charge is -2.36. The molecule has 2 aliphatic rings. The molecule has 2 heterocycles. The van der Waals surface area contributed by atoms with Gasteiger partial charge in [0.05, 0.1) is 22.8 Å². The van der Waals surface area contributed by atoms with Gasteiger partial charge in [-0.25, -0.2) is 16.8 Å². The van der Waals surface area contributed by atoms with Crippen LogP contribution < -0.4 is 5.73 Å². The van der Waals surface area contributed by atoms with Crippen molar-refractivity contribution in [1.29, 1.82) is 0 Å². The quantitative estimate of drug-likeness (QED) is 0.640. The zero-order valence-corrected chi connectivity index (χ0v) is 17.1. The highest BCUT2D eigenvalue weighted by Gasteiger charge is 2.41. The van der Waals surface area contributed by atoms with Gasteiger partial charge in [0.15, 0.2) is 9.84 Å². The molecule has 0 radical (unpaired) electrons. The molecule has 0 bridgehead atoms. The Morgan fingerprint density at radius 3 is 2.20 bits per heavy atom. The Balaban J connectivity index is 0.00000312. The van der Waals surface area contributed by atoms with E-state index in [1.807, 2.05) is 13.8 Å². The maximum Gasteiger partial charge on any atom is 0.239 e. The van der Waals surface area contributed by atoms with Crippen LogP contribution in [0.2, 0.25) is 0 Å². The second-order valence-corrected chi connectivity index (χ2v) is 11.5. The van der Waals surface area contributed by atoms with Gasteiger partial charge in [0.1, 0.15) is 0 Å². The third-order valence-corrected chi connectivity index (χ3v) is 8.87. The first kappa shape index (κ1) is 22.6. The lowest BCUT2D eigenvalue weighted by molar-refractivity contribution is -0.134. The van der Waals surface area contributed by atoms with E-state index in [1.165, 1.54) is 4.31 Å². The van der Waals surface area contributed by atoms with Crippen molar-refractivity contribution in [3.05, 3.63) is 0 Å². The number of hydrogen-bond acceptors (Lipinski definition) is 6. The number of amides is 1. The van der Waals surface area contributed by atoms with Gasteiger partial charge in [0.2, 0.25) is 15.9 Å². The standard InChI is InChI=1S/C14H27N3O5S2.ClH/c1-11(2)9-13(15)14(18)16-4-6-17(7-5-16)24(21,22)12-3-8-23(19,20)10-12;/h11-13H,3-10,15H2,1-2H3;1H/t12?,13-;/m0./s1. The third-order valence-electron chi connectivity index (χ3n) is 4.56. The smallest absolute Gasteiger partial charge is 0.239 e. The lowest BCUT2D eigenvalue weighted by Crippen LogP contribution is -2.55. The van der Waals surface area contributed by atoms with Crippen molar-refractivity contribution < 1.29 is 21.6 Å². The van der Waals surface area contributed by atoms with Crippen LogP contribution in [0.1, 0.15) is 26.7 Å². The maximum absolute atomic E-state index is 12.6. The predicted molar refractivity (Wildman–Crippen MR) is 98.8 cm³/mol. The summed E-state index contributed by atoms with van der Waals surface area (Å²) in [6.07, 6.45) is 0.750. The molecule has 8 nitrogen and oxygen atoms in total. The summed E-state index contributed by atoms with van der Waals surface area (Å²) in [5.41, 5.74) is 5.91. The number of halogens is 1. The molecule has 11 heteroatoms. The van der Waals surface area contributed by atoms with Crippen LogP contribution in [0.15, 0.2) is 0 Å². The molecule has 0 aliphatic carbocycles. The number of hydrogen-bond donors (Lipinski definition) is 1. The van der Waals surface area contributed by atoms with Gasteiger partial charge in [-0.1, -0.05) is 13.8 Å². The number of rotatable bonds is 5. The van der Waals surface area contributed by atoms with Crippen LogP contribution in [0.5, 0.6) is 0 Å². The first-order valence-electron chi connectivity index (χ1n) is 8.26. The van der Waals surface area contributed by atoms with Crippen LogP contribution in [-0.2, 0) is 24.7 Å². The summed E-state index contributed by atoms with van der Waals surface area (Å²) in [6.45, 7) is 4.96. The number of sulfonamides is 1. The molecular formula is C14H28ClN3O5S2. The Morgan fingerprint density at radius 1 is 1.20 bits per heavy atom. The molecule has 0 spiro atoms. The Bertz CT molecular complexity index is 673. The van der Waals surface area contributed by atoms with Gasteiger partial charge in [0.25, 0.3) is 0 Å². The van der Waals surface area contributed by atoms with Gasteiger partial charge in [-0.2, -0.15) is 4.31 Å². The first-order valence-corrected chi connectivity index (χ1v) is 11.6. The molecule has 148 valence electrons. The van der Waals surface area contributed by atoms with E-state index in [4.69, 9.17) is 5.73 Å². The minimum absolute atomic E-state index is 0. The zero-order valence-electron chi connectivity index (χ0n) is 14.6. The van der Waals surface area contributed by atoms with Crippen molar-refractivity contribution >= 4 is 38.2 Å². The topological polar surface area (TPSA) is 118 Å². The number of carbonyl (C=O) groups excluding carboxylic acids is 1. The molecule has 2 atom stereocenters. The van der Waals surface area contributed by atoms with Crippen molar-refractivity contribution in [2.45, 2.75) is 38.0 Å². The highest BCUT2D eigenvalue weighted by molar-refractivity contribution is 7.95. The van der Waals surface area contributed by atoms with Crippen molar-refractivity contribution in [3.63, 3.8) is 0 Å². The molecule has 1 amide bonds. The van der Waals surface area contributed by atoms with E-state index in [9.17, 15) is 21.6 Å². The number of carbonyl (C=O) groups is 1. The van der Waals surface area contributed by atoms with E-state index < -0.39 is 31.2 Å². The van der Waals surface area contributed by atoms with Crippen molar-refractivity contribution in [2.75, 3.05) is 37.7 Å². The largest absolute Gasteiger partial charge is 0.339 e. The summed E-state index contributed by atoms with van der Waals surface area (Å²) in [7, 11) is -6.89. The minimum atomic E-state index is -3.64. The number of sulfone groups is 1. The zero-order chi connectivity index (χ0) is 18.1. The predicted octanol–water partition coefficient (Wildman–Crippen LogP) is -0.557. The fraction of sp³-hybridized carbons (Fsp3) is 0.929. The van der Waals surface area contributed by atoms with E-state index in [1.54, 1.807) is 4.90 Å². The van der Waals surface area contributed by atoms with Crippen molar-refractivity contribution in [1.82, 2.24) is 9.21 Å². The highest BCUT2D eigenvalue weighted by atomic mass is 35.5. The second kappa shape index (κ2) is 8.51. The van der Waals surface area contributed by atoms with Crippen LogP contribution in [0, 0.1) is 5.92 Å². The Kier molecular flexibility index (Phi) is 7.70. The Morgan fingerprint density at radius 2 is 1.76 bits per heavy atom. The number of piperazine rings is 1. The molecular weight excluding hydrogens is 390 g/mol. The van der Waals surface area contributed by atoms with E-state index in [0.29, 0.717) is 25.4 Å². The number of nitrogens with zero attached hydrogens (tertiary/aromatic N) is 2. The van der Waals surface area contributed by atoms with Gasteiger partial charge in [0, 0.05) is 26.2 Å². The van der Waals surface area contributed by atoms with Crippen molar-refractivity contribution in [2.24, 2.45) is 11.7 Å². The maximum atomic E-state index is 12.6. The average Bonchev–Trinajstić information content (AvgIpc) is 2.87. The van der Waals surface area contributed by atoms with Gasteiger partial charge in [-0.05, 0) is 18.8 Å². The molecule has 0 saturated carbocycles. The summed E-state index contributed by atoms with van der Waals surface area (Å²) in [5.74, 6) is -0.202. The first-order chi connectivity index (χ1) is 11.0. The molecule has 2 aliphatic heterocycles. The average molecular weight is 418 g/mol. The molecule has 0 aromatic heterocycles. The Labute approximate surface area is 156 Å². The normalized spacial score (nSPS) is 25.6. The molecule has 25 heavy (non-hydrogen) atoms. The summed E-state index contributed by atoms with van der Waals surface area (Å²) < 4.78 is 49.5. The van der Waals surface area contributed by atoms with Crippen LogP contribution in [0.3, 0.4) is 0 Å². The summed E-state index contributed by atoms with van der Waals surface area (Å²) in [4.78, 5) is 13.9. The van der Waals surface area contributed by atoms with E-state index in [-0.39, 0.29) is 49.3 Å². The van der Waals surface area contributed by atoms with Gasteiger partial charge >= 0.3 is 0 Å². The molecule has 0 aromatic carbocycles. The SMILES string of the molecule is CC(C)C[C@H](N)C(=O)N1CCN(S(=O)(=O)C2CCS(=O)(=O)C2)CC1.Cl. The molecule has 2 rings (SSSR count). The van der Waals surface area contributed by atoms with E-state index in [2.05, 4.69) is 0 Å². The van der Waals surface area contributed by atoms with Crippen LogP contribution in [0.25, 0.3) is 0 Å². The second-order valence-electron chi connectivity index (χ2n) is 7.03. The van der Waals surface area contributed by atoms with Crippen molar-refractivity contribution in [3.8, 4) is 0 Å². The Hall–Kier alpha value is -0.420. The molecule has 0 aromatic rings. The van der Waals surface area contributed by atoms with Gasteiger partial charge in [-0.15, -0.1) is 12.4 Å². The summed E-state index contributed by atoms with van der Waals surface area (Å²) >= 11 is 0. The van der Waals surface area contributed by atoms with E-state index >= 15 is 0 Å². The van der Waals surface area contributed by atoms with Crippen LogP contribution >= 0.6 is 12.4 Å². The molecule has 2 fully saturated rings. The van der Waals surface area contributed by atoms with Crippen LogP contribution in [-0.4, -0.2) is 80.9 Å². The monoisotopic (exact) mass is 417 g/mol. The van der Waals surface area contributed by atoms with Gasteiger partial charge < -0.3 is 10.6 Å². The third kappa shape index (κ3) is 5.53. The molecule has 1 unspecified atom stereocenters. The van der Waals surface area contributed by atoms with Gasteiger partial charge in [-0.3, -0.25) is 4.79 Å². The lowest BCUT2D eigenvalue weighted by atomic mass is 10.0. The molecule has 2 N–H and O–H groups in total. The molecule has 2 saturated heterocycles. The highest BCUT2D eigenvalue weighted by Crippen LogP contribution is 2.23. The number of nitrogens with two attached hydrogens (primary N) is 1. The fourth-order valence-corrected chi connectivity index (χ4v) is 7.72. The van der Waals surface area contributed by atoms with Crippen LogP contribution in [0.4, 0.5) is 0 Å². The fourth-order valence-electron chi connectivity index (χ4n) is 3.21.